The summed E-state index contributed by atoms with van der Waals surface area (Å²) in [6.07, 6.45) is 1.41. The van der Waals surface area contributed by atoms with Gasteiger partial charge in [0, 0.05) is 22.9 Å². The second-order valence-electron chi connectivity index (χ2n) is 4.14. The van der Waals surface area contributed by atoms with Gasteiger partial charge in [0.2, 0.25) is 5.22 Å². The molecule has 0 saturated carbocycles. The van der Waals surface area contributed by atoms with E-state index in [4.69, 9.17) is 21.8 Å². The SMILES string of the molecule is Nc1ccc2c(c1)N(C(=O)c1ccoc1Cl)CCS2. The van der Waals surface area contributed by atoms with Crippen molar-refractivity contribution in [3.63, 3.8) is 0 Å². The number of fused-ring (bicyclic) bond motifs is 1. The zero-order chi connectivity index (χ0) is 13.4. The number of carbonyl (C=O) groups is 1. The quantitative estimate of drug-likeness (QED) is 0.820. The molecule has 0 aliphatic carbocycles. The Balaban J connectivity index is 2.02. The molecule has 6 heteroatoms. The smallest absolute Gasteiger partial charge is 0.263 e. The molecular formula is C13H11ClN2O2S. The van der Waals surface area contributed by atoms with Gasteiger partial charge in [0.25, 0.3) is 5.91 Å². The van der Waals surface area contributed by atoms with Gasteiger partial charge in [-0.25, -0.2) is 0 Å². The van der Waals surface area contributed by atoms with Crippen LogP contribution < -0.4 is 10.6 Å². The van der Waals surface area contributed by atoms with E-state index in [0.717, 1.165) is 16.3 Å². The summed E-state index contributed by atoms with van der Waals surface area (Å²) < 4.78 is 4.98. The van der Waals surface area contributed by atoms with Gasteiger partial charge in [0.15, 0.2) is 0 Å². The van der Waals surface area contributed by atoms with Crippen LogP contribution >= 0.6 is 23.4 Å². The van der Waals surface area contributed by atoms with Crippen molar-refractivity contribution in [3.8, 4) is 0 Å². The fraction of sp³-hybridized carbons (Fsp3) is 0.154. The highest BCUT2D eigenvalue weighted by Crippen LogP contribution is 2.37. The van der Waals surface area contributed by atoms with E-state index in [0.29, 0.717) is 17.8 Å². The maximum absolute atomic E-state index is 12.5. The Hall–Kier alpha value is -1.59. The summed E-state index contributed by atoms with van der Waals surface area (Å²) in [6.45, 7) is 0.626. The molecule has 0 bridgehead atoms. The van der Waals surface area contributed by atoms with E-state index < -0.39 is 0 Å². The minimum Gasteiger partial charge on any atom is -0.452 e. The van der Waals surface area contributed by atoms with Crippen LogP contribution in [-0.2, 0) is 0 Å². The van der Waals surface area contributed by atoms with Gasteiger partial charge in [0.1, 0.15) is 0 Å². The third kappa shape index (κ3) is 2.19. The summed E-state index contributed by atoms with van der Waals surface area (Å²) in [7, 11) is 0. The fourth-order valence-corrected chi connectivity index (χ4v) is 3.21. The summed E-state index contributed by atoms with van der Waals surface area (Å²) in [5.74, 6) is 0.684. The maximum Gasteiger partial charge on any atom is 0.263 e. The number of furan rings is 1. The first-order chi connectivity index (χ1) is 9.16. The van der Waals surface area contributed by atoms with Crippen LogP contribution in [0, 0.1) is 0 Å². The van der Waals surface area contributed by atoms with Crippen molar-refractivity contribution in [2.75, 3.05) is 22.9 Å². The topological polar surface area (TPSA) is 59.5 Å². The number of rotatable bonds is 1. The Morgan fingerprint density at radius 3 is 3.00 bits per heavy atom. The standard InChI is InChI=1S/C13H11ClN2O2S/c14-12-9(3-5-18-12)13(17)16-4-6-19-11-2-1-8(15)7-10(11)16/h1-3,5,7H,4,6,15H2. The Bertz CT molecular complexity index is 641. The highest BCUT2D eigenvalue weighted by molar-refractivity contribution is 7.99. The van der Waals surface area contributed by atoms with Gasteiger partial charge in [-0.1, -0.05) is 0 Å². The van der Waals surface area contributed by atoms with Crippen LogP contribution in [0.25, 0.3) is 0 Å². The molecule has 2 N–H and O–H groups in total. The Kier molecular flexibility index (Phi) is 3.16. The van der Waals surface area contributed by atoms with Crippen LogP contribution in [0.4, 0.5) is 11.4 Å². The number of hydrogen-bond acceptors (Lipinski definition) is 4. The molecule has 0 unspecified atom stereocenters. The largest absolute Gasteiger partial charge is 0.452 e. The summed E-state index contributed by atoms with van der Waals surface area (Å²) in [4.78, 5) is 15.2. The first-order valence-corrected chi connectivity index (χ1v) is 7.10. The Morgan fingerprint density at radius 1 is 1.42 bits per heavy atom. The average molecular weight is 295 g/mol. The van der Waals surface area contributed by atoms with Crippen molar-refractivity contribution in [3.05, 3.63) is 41.3 Å². The molecular weight excluding hydrogens is 284 g/mol. The maximum atomic E-state index is 12.5. The van der Waals surface area contributed by atoms with Crippen LogP contribution in [0.5, 0.6) is 0 Å². The normalized spacial score (nSPS) is 14.3. The van der Waals surface area contributed by atoms with Gasteiger partial charge >= 0.3 is 0 Å². The first-order valence-electron chi connectivity index (χ1n) is 5.74. The second-order valence-corrected chi connectivity index (χ2v) is 5.62. The highest BCUT2D eigenvalue weighted by Gasteiger charge is 2.26. The van der Waals surface area contributed by atoms with Gasteiger partial charge in [-0.05, 0) is 35.9 Å². The van der Waals surface area contributed by atoms with Crippen LogP contribution in [0.15, 0.2) is 39.8 Å². The lowest BCUT2D eigenvalue weighted by atomic mass is 10.2. The van der Waals surface area contributed by atoms with E-state index in [2.05, 4.69) is 0 Å². The third-order valence-electron chi connectivity index (χ3n) is 2.94. The van der Waals surface area contributed by atoms with Gasteiger partial charge in [0.05, 0.1) is 17.5 Å². The molecule has 19 heavy (non-hydrogen) atoms. The van der Waals surface area contributed by atoms with E-state index in [1.807, 2.05) is 18.2 Å². The van der Waals surface area contributed by atoms with Gasteiger partial charge < -0.3 is 15.1 Å². The molecule has 0 atom stereocenters. The van der Waals surface area contributed by atoms with Gasteiger partial charge in [-0.3, -0.25) is 4.79 Å². The van der Waals surface area contributed by atoms with E-state index in [9.17, 15) is 4.79 Å². The molecule has 3 rings (SSSR count). The number of halogens is 1. The minimum atomic E-state index is -0.161. The molecule has 0 spiro atoms. The molecule has 1 aromatic carbocycles. The zero-order valence-corrected chi connectivity index (χ0v) is 11.5. The minimum absolute atomic E-state index is 0.119. The van der Waals surface area contributed by atoms with E-state index in [-0.39, 0.29) is 11.1 Å². The van der Waals surface area contributed by atoms with E-state index in [1.54, 1.807) is 22.7 Å². The summed E-state index contributed by atoms with van der Waals surface area (Å²) in [5, 5.41) is 0.119. The fourth-order valence-electron chi connectivity index (χ4n) is 2.04. The van der Waals surface area contributed by atoms with Crippen molar-refractivity contribution in [2.45, 2.75) is 4.90 Å². The number of nitrogens with two attached hydrogens (primary N) is 1. The molecule has 0 radical (unpaired) electrons. The molecule has 2 aromatic rings. The molecule has 0 fully saturated rings. The number of hydrogen-bond donors (Lipinski definition) is 1. The number of carbonyl (C=O) groups excluding carboxylic acids is 1. The van der Waals surface area contributed by atoms with Gasteiger partial charge in [-0.15, -0.1) is 11.8 Å². The van der Waals surface area contributed by atoms with Gasteiger partial charge in [-0.2, -0.15) is 0 Å². The zero-order valence-electron chi connectivity index (χ0n) is 9.93. The monoisotopic (exact) mass is 294 g/mol. The lowest BCUT2D eigenvalue weighted by Gasteiger charge is -2.29. The van der Waals surface area contributed by atoms with E-state index in [1.165, 1.54) is 6.26 Å². The number of nitrogen functional groups attached to an aromatic ring is 1. The van der Waals surface area contributed by atoms with Crippen LogP contribution in [0.2, 0.25) is 5.22 Å². The molecule has 1 aromatic heterocycles. The number of amides is 1. The number of anilines is 2. The van der Waals surface area contributed by atoms with Crippen LogP contribution in [-0.4, -0.2) is 18.2 Å². The van der Waals surface area contributed by atoms with Crippen molar-refractivity contribution in [1.29, 1.82) is 0 Å². The first kappa shape index (κ1) is 12.4. The summed E-state index contributed by atoms with van der Waals surface area (Å²) in [6, 6.07) is 7.17. The predicted octanol–water partition coefficient (Wildman–Crippen LogP) is 3.27. The Labute approximate surface area is 119 Å². The van der Waals surface area contributed by atoms with Crippen molar-refractivity contribution in [2.24, 2.45) is 0 Å². The highest BCUT2D eigenvalue weighted by atomic mass is 35.5. The van der Waals surface area contributed by atoms with Crippen LogP contribution in [0.1, 0.15) is 10.4 Å². The lowest BCUT2D eigenvalue weighted by molar-refractivity contribution is 0.0987. The van der Waals surface area contributed by atoms with Crippen molar-refractivity contribution >= 4 is 40.6 Å². The summed E-state index contributed by atoms with van der Waals surface area (Å²) in [5.41, 5.74) is 7.65. The predicted molar refractivity (Wildman–Crippen MR) is 77.0 cm³/mol. The number of nitrogens with zero attached hydrogens (tertiary/aromatic N) is 1. The van der Waals surface area contributed by atoms with Crippen molar-refractivity contribution < 1.29 is 9.21 Å². The average Bonchev–Trinajstić information content (AvgIpc) is 2.83. The molecule has 1 amide bonds. The molecule has 1 aliphatic heterocycles. The molecule has 0 saturated heterocycles. The molecule has 1 aliphatic rings. The summed E-state index contributed by atoms with van der Waals surface area (Å²) >= 11 is 7.58. The molecule has 2 heterocycles. The lowest BCUT2D eigenvalue weighted by Crippen LogP contribution is -2.35. The molecule has 98 valence electrons. The number of thioether (sulfide) groups is 1. The van der Waals surface area contributed by atoms with Crippen molar-refractivity contribution in [1.82, 2.24) is 0 Å². The second kappa shape index (κ2) is 4.83. The molecule has 4 nitrogen and oxygen atoms in total. The number of benzene rings is 1. The Morgan fingerprint density at radius 2 is 2.26 bits per heavy atom. The van der Waals surface area contributed by atoms with E-state index >= 15 is 0 Å². The van der Waals surface area contributed by atoms with Crippen LogP contribution in [0.3, 0.4) is 0 Å². The third-order valence-corrected chi connectivity index (χ3v) is 4.28.